The number of benzene rings is 2. The highest BCUT2D eigenvalue weighted by atomic mass is 79.9. The highest BCUT2D eigenvalue weighted by molar-refractivity contribution is 9.10. The number of nitrogens with zero attached hydrogens (tertiary/aromatic N) is 1. The molecule has 10 heteroatoms. The van der Waals surface area contributed by atoms with Crippen molar-refractivity contribution in [1.82, 2.24) is 5.43 Å². The average Bonchev–Trinajstić information content (AvgIpc) is 3.24. The number of nitrogens with one attached hydrogen (secondary N) is 2. The number of halogens is 1. The summed E-state index contributed by atoms with van der Waals surface area (Å²) in [6.07, 6.45) is 1.48. The van der Waals surface area contributed by atoms with E-state index in [-0.39, 0.29) is 4.21 Å². The van der Waals surface area contributed by atoms with Crippen LogP contribution in [-0.2, 0) is 10.0 Å². The lowest BCUT2D eigenvalue weighted by Gasteiger charge is -2.07. The van der Waals surface area contributed by atoms with Gasteiger partial charge >= 0.3 is 0 Å². The van der Waals surface area contributed by atoms with Crippen LogP contribution in [0, 0.1) is 0 Å². The van der Waals surface area contributed by atoms with Crippen molar-refractivity contribution >= 4 is 55.1 Å². The van der Waals surface area contributed by atoms with Crippen LogP contribution >= 0.6 is 27.3 Å². The first-order valence-electron chi connectivity index (χ1n) is 8.22. The molecule has 0 aliphatic rings. The van der Waals surface area contributed by atoms with Crippen molar-refractivity contribution < 1.29 is 17.9 Å². The van der Waals surface area contributed by atoms with Gasteiger partial charge in [0.25, 0.3) is 15.9 Å². The van der Waals surface area contributed by atoms with Crippen molar-refractivity contribution in [3.63, 3.8) is 0 Å². The van der Waals surface area contributed by atoms with E-state index in [1.165, 1.54) is 36.5 Å². The molecule has 2 N–H and O–H groups in total. The molecule has 0 saturated carbocycles. The van der Waals surface area contributed by atoms with Gasteiger partial charge in [0.2, 0.25) is 0 Å². The third-order valence-electron chi connectivity index (χ3n) is 3.72. The summed E-state index contributed by atoms with van der Waals surface area (Å²) in [4.78, 5) is 12.2. The fraction of sp³-hybridized carbons (Fsp3) is 0.0526. The maximum Gasteiger partial charge on any atom is 0.271 e. The lowest BCUT2D eigenvalue weighted by Crippen LogP contribution is -2.18. The van der Waals surface area contributed by atoms with Crippen LogP contribution < -0.4 is 14.9 Å². The Morgan fingerprint density at radius 2 is 1.93 bits per heavy atom. The van der Waals surface area contributed by atoms with Gasteiger partial charge in [0.1, 0.15) is 9.96 Å². The zero-order chi connectivity index (χ0) is 20.9. The predicted octanol–water partition coefficient (Wildman–Crippen LogP) is 4.08. The molecule has 0 fully saturated rings. The second-order valence-corrected chi connectivity index (χ2v) is 9.47. The largest absolute Gasteiger partial charge is 0.496 e. The zero-order valence-corrected chi connectivity index (χ0v) is 18.3. The summed E-state index contributed by atoms with van der Waals surface area (Å²) in [5.74, 6) is 0.191. The van der Waals surface area contributed by atoms with Gasteiger partial charge in [0, 0.05) is 21.3 Å². The number of rotatable bonds is 7. The SMILES string of the molecule is COc1ccc(Br)cc1/C=N\NC(=O)c1ccc(NS(=O)(=O)c2cccs2)cc1. The van der Waals surface area contributed by atoms with Gasteiger partial charge in [-0.3, -0.25) is 9.52 Å². The standard InChI is InChI=1S/C19H16BrN3O4S2/c1-27-17-9-6-15(20)11-14(17)12-21-22-19(24)13-4-7-16(8-5-13)23-29(25,26)18-3-2-10-28-18/h2-12,23H,1H3,(H,22,24)/b21-12-. The lowest BCUT2D eigenvalue weighted by atomic mass is 10.2. The van der Waals surface area contributed by atoms with E-state index < -0.39 is 15.9 Å². The fourth-order valence-electron chi connectivity index (χ4n) is 2.34. The molecular formula is C19H16BrN3O4S2. The summed E-state index contributed by atoms with van der Waals surface area (Å²) >= 11 is 4.50. The highest BCUT2D eigenvalue weighted by Crippen LogP contribution is 2.22. The average molecular weight is 494 g/mol. The molecule has 0 spiro atoms. The van der Waals surface area contributed by atoms with Crippen molar-refractivity contribution in [2.24, 2.45) is 5.10 Å². The van der Waals surface area contributed by atoms with Gasteiger partial charge in [-0.05, 0) is 53.9 Å². The first-order valence-corrected chi connectivity index (χ1v) is 11.4. The Morgan fingerprint density at radius 1 is 1.17 bits per heavy atom. The Hall–Kier alpha value is -2.69. The Labute approximate surface area is 180 Å². The van der Waals surface area contributed by atoms with Gasteiger partial charge in [0.05, 0.1) is 13.3 Å². The lowest BCUT2D eigenvalue weighted by molar-refractivity contribution is 0.0955. The number of carbonyl (C=O) groups excluding carboxylic acids is 1. The number of methoxy groups -OCH3 is 1. The maximum atomic E-state index is 12.2. The monoisotopic (exact) mass is 493 g/mol. The number of anilines is 1. The third kappa shape index (κ3) is 5.43. The van der Waals surface area contributed by atoms with E-state index in [0.717, 1.165) is 15.8 Å². The van der Waals surface area contributed by atoms with Crippen LogP contribution in [0.4, 0.5) is 5.69 Å². The molecule has 0 aliphatic carbocycles. The van der Waals surface area contributed by atoms with E-state index in [1.54, 1.807) is 24.6 Å². The molecule has 29 heavy (non-hydrogen) atoms. The van der Waals surface area contributed by atoms with Gasteiger partial charge in [-0.1, -0.05) is 22.0 Å². The second kappa shape index (κ2) is 9.21. The van der Waals surface area contributed by atoms with E-state index in [4.69, 9.17) is 4.74 Å². The molecule has 1 amide bonds. The van der Waals surface area contributed by atoms with Crippen LogP contribution in [-0.4, -0.2) is 27.6 Å². The molecule has 7 nitrogen and oxygen atoms in total. The first kappa shape index (κ1) is 21.0. The van der Waals surface area contributed by atoms with E-state index in [9.17, 15) is 13.2 Å². The summed E-state index contributed by atoms with van der Waals surface area (Å²) in [6.45, 7) is 0. The van der Waals surface area contributed by atoms with Crippen molar-refractivity contribution in [3.05, 3.63) is 75.6 Å². The normalized spacial score (nSPS) is 11.4. The van der Waals surface area contributed by atoms with Gasteiger partial charge < -0.3 is 4.74 Å². The molecule has 2 aromatic carbocycles. The van der Waals surface area contributed by atoms with Crippen LogP contribution in [0.5, 0.6) is 5.75 Å². The first-order chi connectivity index (χ1) is 13.9. The third-order valence-corrected chi connectivity index (χ3v) is 6.99. The molecule has 0 unspecified atom stereocenters. The summed E-state index contributed by atoms with van der Waals surface area (Å²) in [7, 11) is -2.08. The summed E-state index contributed by atoms with van der Waals surface area (Å²) in [5.41, 5.74) is 3.82. The molecule has 150 valence electrons. The highest BCUT2D eigenvalue weighted by Gasteiger charge is 2.15. The Morgan fingerprint density at radius 3 is 2.59 bits per heavy atom. The number of thiophene rings is 1. The number of sulfonamides is 1. The van der Waals surface area contributed by atoms with Crippen LogP contribution in [0.2, 0.25) is 0 Å². The molecule has 3 rings (SSSR count). The maximum absolute atomic E-state index is 12.2. The summed E-state index contributed by atoms with van der Waals surface area (Å²) < 4.78 is 33.2. The minimum atomic E-state index is -3.63. The van der Waals surface area contributed by atoms with Crippen LogP contribution in [0.25, 0.3) is 0 Å². The molecule has 1 aromatic heterocycles. The molecule has 3 aromatic rings. The predicted molar refractivity (Wildman–Crippen MR) is 117 cm³/mol. The zero-order valence-electron chi connectivity index (χ0n) is 15.1. The number of hydrogen-bond acceptors (Lipinski definition) is 6. The quantitative estimate of drug-likeness (QED) is 0.382. The number of ether oxygens (including phenoxy) is 1. The Bertz CT molecular complexity index is 1130. The van der Waals surface area contributed by atoms with Crippen molar-refractivity contribution in [1.29, 1.82) is 0 Å². The van der Waals surface area contributed by atoms with Gasteiger partial charge in [0.15, 0.2) is 0 Å². The molecule has 1 heterocycles. The summed E-state index contributed by atoms with van der Waals surface area (Å²) in [5, 5.41) is 5.63. The number of hydrazone groups is 1. The molecule has 0 atom stereocenters. The number of hydrogen-bond donors (Lipinski definition) is 2. The van der Waals surface area contributed by atoms with Crippen molar-refractivity contribution in [2.45, 2.75) is 4.21 Å². The number of carbonyl (C=O) groups is 1. The van der Waals surface area contributed by atoms with Crippen molar-refractivity contribution in [3.8, 4) is 5.75 Å². The van der Waals surface area contributed by atoms with E-state index in [0.29, 0.717) is 22.6 Å². The van der Waals surface area contributed by atoms with E-state index >= 15 is 0 Å². The molecule has 0 bridgehead atoms. The number of amides is 1. The summed E-state index contributed by atoms with van der Waals surface area (Å²) in [6, 6.07) is 14.7. The molecule has 0 radical (unpaired) electrons. The van der Waals surface area contributed by atoms with Gasteiger partial charge in [-0.15, -0.1) is 11.3 Å². The molecule has 0 aliphatic heterocycles. The molecule has 0 saturated heterocycles. The van der Waals surface area contributed by atoms with Crippen LogP contribution in [0.15, 0.2) is 73.8 Å². The Kier molecular flexibility index (Phi) is 6.68. The Balaban J connectivity index is 1.64. The van der Waals surface area contributed by atoms with Crippen LogP contribution in [0.3, 0.4) is 0 Å². The topological polar surface area (TPSA) is 96.9 Å². The second-order valence-electron chi connectivity index (χ2n) is 5.70. The van der Waals surface area contributed by atoms with E-state index in [1.807, 2.05) is 12.1 Å². The van der Waals surface area contributed by atoms with Gasteiger partial charge in [-0.2, -0.15) is 5.10 Å². The van der Waals surface area contributed by atoms with Crippen molar-refractivity contribution in [2.75, 3.05) is 11.8 Å². The minimum Gasteiger partial charge on any atom is -0.496 e. The van der Waals surface area contributed by atoms with Gasteiger partial charge in [-0.25, -0.2) is 13.8 Å². The van der Waals surface area contributed by atoms with Crippen LogP contribution in [0.1, 0.15) is 15.9 Å². The fourth-order valence-corrected chi connectivity index (χ4v) is 4.77. The minimum absolute atomic E-state index is 0.219. The molecular weight excluding hydrogens is 478 g/mol. The van der Waals surface area contributed by atoms with E-state index in [2.05, 4.69) is 31.2 Å². The smallest absolute Gasteiger partial charge is 0.271 e.